The van der Waals surface area contributed by atoms with Crippen LogP contribution in [0.2, 0.25) is 0 Å². The van der Waals surface area contributed by atoms with E-state index < -0.39 is 0 Å². The minimum atomic E-state index is -0.267. The molecule has 0 unspecified atom stereocenters. The summed E-state index contributed by atoms with van der Waals surface area (Å²) >= 11 is 0. The standard InChI is InChI=1S/C24H24N2O6S2/c27-21-17-5-1-2-6-18(17)22(28)25(21)9-11-31-13-15-33-34-16-14-32-12-10-26-23(29)19-7-3-4-8-20(19)24(26)30/h1-8H,9-16H2. The summed E-state index contributed by atoms with van der Waals surface area (Å²) < 4.78 is 11.1. The number of carbonyl (C=O) groups excluding carboxylic acids is 4. The maximum absolute atomic E-state index is 12.3. The van der Waals surface area contributed by atoms with Crippen LogP contribution in [0.15, 0.2) is 48.5 Å². The Kier molecular flexibility index (Phi) is 8.39. The Bertz CT molecular complexity index is 937. The largest absolute Gasteiger partial charge is 0.379 e. The van der Waals surface area contributed by atoms with Crippen molar-refractivity contribution >= 4 is 45.2 Å². The zero-order valence-corrected chi connectivity index (χ0v) is 20.1. The molecule has 2 aromatic rings. The summed E-state index contributed by atoms with van der Waals surface area (Å²) in [5, 5.41) is 0. The van der Waals surface area contributed by atoms with Gasteiger partial charge in [0, 0.05) is 11.5 Å². The van der Waals surface area contributed by atoms with Crippen LogP contribution in [0.4, 0.5) is 0 Å². The van der Waals surface area contributed by atoms with E-state index >= 15 is 0 Å². The molecule has 0 fully saturated rings. The van der Waals surface area contributed by atoms with E-state index in [1.165, 1.54) is 9.80 Å². The maximum Gasteiger partial charge on any atom is 0.261 e. The molecule has 178 valence electrons. The fourth-order valence-corrected chi connectivity index (χ4v) is 5.43. The fraction of sp³-hybridized carbons (Fsp3) is 0.333. The second-order valence-corrected chi connectivity index (χ2v) is 10.2. The smallest absolute Gasteiger partial charge is 0.261 e. The van der Waals surface area contributed by atoms with Crippen LogP contribution < -0.4 is 0 Å². The Morgan fingerprint density at radius 1 is 0.529 bits per heavy atom. The van der Waals surface area contributed by atoms with Crippen molar-refractivity contribution in [2.45, 2.75) is 0 Å². The van der Waals surface area contributed by atoms with Crippen LogP contribution in [0.5, 0.6) is 0 Å². The molecule has 0 atom stereocenters. The van der Waals surface area contributed by atoms with Crippen LogP contribution in [0, 0.1) is 0 Å². The number of imide groups is 2. The Balaban J connectivity index is 0.999. The number of hydrogen-bond acceptors (Lipinski definition) is 8. The van der Waals surface area contributed by atoms with Crippen molar-refractivity contribution in [3.05, 3.63) is 70.8 Å². The van der Waals surface area contributed by atoms with Gasteiger partial charge in [-0.05, 0) is 24.3 Å². The maximum atomic E-state index is 12.3. The molecule has 34 heavy (non-hydrogen) atoms. The number of rotatable bonds is 13. The molecule has 2 aromatic carbocycles. The average molecular weight is 501 g/mol. The number of benzene rings is 2. The highest BCUT2D eigenvalue weighted by Gasteiger charge is 2.35. The van der Waals surface area contributed by atoms with Crippen molar-refractivity contribution in [2.24, 2.45) is 0 Å². The lowest BCUT2D eigenvalue weighted by Gasteiger charge is -2.14. The van der Waals surface area contributed by atoms with Gasteiger partial charge in [-0.1, -0.05) is 45.9 Å². The molecule has 0 bridgehead atoms. The van der Waals surface area contributed by atoms with Gasteiger partial charge in [-0.3, -0.25) is 29.0 Å². The van der Waals surface area contributed by atoms with E-state index in [4.69, 9.17) is 9.47 Å². The lowest BCUT2D eigenvalue weighted by molar-refractivity contribution is 0.0564. The Morgan fingerprint density at radius 2 is 0.853 bits per heavy atom. The van der Waals surface area contributed by atoms with Gasteiger partial charge >= 0.3 is 0 Å². The molecule has 0 saturated carbocycles. The Hall–Kier alpha value is -2.66. The summed E-state index contributed by atoms with van der Waals surface area (Å²) in [5.41, 5.74) is 1.80. The highest BCUT2D eigenvalue weighted by atomic mass is 33.1. The number of nitrogens with zero attached hydrogens (tertiary/aromatic N) is 2. The lowest BCUT2D eigenvalue weighted by Crippen LogP contribution is -2.33. The molecule has 8 nitrogen and oxygen atoms in total. The normalized spacial score (nSPS) is 14.8. The minimum Gasteiger partial charge on any atom is -0.379 e. The zero-order valence-electron chi connectivity index (χ0n) is 18.4. The van der Waals surface area contributed by atoms with Gasteiger partial charge in [0.1, 0.15) is 0 Å². The molecule has 0 aromatic heterocycles. The molecule has 2 heterocycles. The number of hydrogen-bond donors (Lipinski definition) is 0. The topological polar surface area (TPSA) is 93.2 Å². The van der Waals surface area contributed by atoms with Gasteiger partial charge in [-0.25, -0.2) is 0 Å². The van der Waals surface area contributed by atoms with E-state index in [0.717, 1.165) is 11.5 Å². The van der Waals surface area contributed by atoms with E-state index in [0.29, 0.717) is 48.7 Å². The molecule has 0 spiro atoms. The van der Waals surface area contributed by atoms with E-state index in [-0.39, 0.29) is 36.7 Å². The second-order valence-electron chi connectivity index (χ2n) is 7.48. The molecule has 2 aliphatic rings. The number of fused-ring (bicyclic) bond motifs is 2. The number of ether oxygens (including phenoxy) is 2. The van der Waals surface area contributed by atoms with Crippen molar-refractivity contribution in [1.29, 1.82) is 0 Å². The van der Waals surface area contributed by atoms with Crippen molar-refractivity contribution in [1.82, 2.24) is 9.80 Å². The lowest BCUT2D eigenvalue weighted by atomic mass is 10.1. The Morgan fingerprint density at radius 3 is 1.18 bits per heavy atom. The van der Waals surface area contributed by atoms with Crippen molar-refractivity contribution in [2.75, 3.05) is 51.0 Å². The van der Waals surface area contributed by atoms with Crippen molar-refractivity contribution in [3.8, 4) is 0 Å². The third-order valence-corrected chi connectivity index (χ3v) is 7.71. The molecule has 0 radical (unpaired) electrons. The van der Waals surface area contributed by atoms with Crippen LogP contribution in [0.25, 0.3) is 0 Å². The van der Waals surface area contributed by atoms with Crippen LogP contribution in [0.3, 0.4) is 0 Å². The van der Waals surface area contributed by atoms with Crippen LogP contribution in [0.1, 0.15) is 41.4 Å². The van der Waals surface area contributed by atoms with Crippen LogP contribution in [-0.2, 0) is 9.47 Å². The predicted molar refractivity (Wildman–Crippen MR) is 130 cm³/mol. The summed E-state index contributed by atoms with van der Waals surface area (Å²) in [7, 11) is 3.30. The molecule has 4 amide bonds. The number of amides is 4. The SMILES string of the molecule is O=C1c2ccccc2C(=O)N1CCOCCSSCCOCCN1C(=O)c2ccccc2C1=O. The molecule has 10 heteroatoms. The van der Waals surface area contributed by atoms with Gasteiger partial charge in [0.15, 0.2) is 0 Å². The Labute approximate surface area is 205 Å². The third kappa shape index (κ3) is 5.35. The zero-order chi connectivity index (χ0) is 23.9. The van der Waals surface area contributed by atoms with Gasteiger partial charge < -0.3 is 9.47 Å². The molecular weight excluding hydrogens is 476 g/mol. The molecule has 0 saturated heterocycles. The van der Waals surface area contributed by atoms with E-state index in [1.807, 2.05) is 0 Å². The van der Waals surface area contributed by atoms with Gasteiger partial charge in [-0.15, -0.1) is 0 Å². The molecular formula is C24H24N2O6S2. The van der Waals surface area contributed by atoms with Crippen LogP contribution >= 0.6 is 21.6 Å². The summed E-state index contributed by atoms with van der Waals surface area (Å²) in [5.74, 6) is 0.465. The van der Waals surface area contributed by atoms with Gasteiger partial charge in [0.2, 0.25) is 0 Å². The summed E-state index contributed by atoms with van der Waals surface area (Å²) in [6.45, 7) is 2.12. The third-order valence-electron chi connectivity index (χ3n) is 5.38. The highest BCUT2D eigenvalue weighted by molar-refractivity contribution is 8.76. The first kappa shape index (κ1) is 24.5. The quantitative estimate of drug-likeness (QED) is 0.235. The monoisotopic (exact) mass is 500 g/mol. The summed E-state index contributed by atoms with van der Waals surface area (Å²) in [4.78, 5) is 51.5. The van der Waals surface area contributed by atoms with Crippen LogP contribution in [-0.4, -0.2) is 84.5 Å². The minimum absolute atomic E-state index is 0.241. The number of carbonyl (C=O) groups is 4. The second kappa shape index (κ2) is 11.7. The molecule has 2 aliphatic heterocycles. The summed E-state index contributed by atoms with van der Waals surface area (Å²) in [6, 6.07) is 13.7. The molecule has 4 rings (SSSR count). The predicted octanol–water partition coefficient (Wildman–Crippen LogP) is 2.99. The van der Waals surface area contributed by atoms with E-state index in [2.05, 4.69) is 0 Å². The first-order chi connectivity index (χ1) is 16.6. The van der Waals surface area contributed by atoms with E-state index in [9.17, 15) is 19.2 Å². The average Bonchev–Trinajstić information content (AvgIpc) is 3.25. The molecule has 0 aliphatic carbocycles. The van der Waals surface area contributed by atoms with E-state index in [1.54, 1.807) is 70.1 Å². The van der Waals surface area contributed by atoms with Gasteiger partial charge in [0.25, 0.3) is 23.6 Å². The fourth-order valence-electron chi connectivity index (χ4n) is 3.70. The highest BCUT2D eigenvalue weighted by Crippen LogP contribution is 2.23. The van der Waals surface area contributed by atoms with Gasteiger partial charge in [-0.2, -0.15) is 0 Å². The van der Waals surface area contributed by atoms with Gasteiger partial charge in [0.05, 0.1) is 61.8 Å². The van der Waals surface area contributed by atoms with Crippen molar-refractivity contribution in [3.63, 3.8) is 0 Å². The summed E-state index contributed by atoms with van der Waals surface area (Å²) in [6.07, 6.45) is 0. The first-order valence-corrected chi connectivity index (χ1v) is 13.4. The first-order valence-electron chi connectivity index (χ1n) is 10.9. The van der Waals surface area contributed by atoms with Crippen molar-refractivity contribution < 1.29 is 28.7 Å². The molecule has 0 N–H and O–H groups in total.